The number of fused-ring (bicyclic) bond motifs is 1. The zero-order valence-corrected chi connectivity index (χ0v) is 12.1. The Labute approximate surface area is 109 Å². The van der Waals surface area contributed by atoms with Gasteiger partial charge in [0.05, 0.1) is 11.4 Å². The molecule has 1 aromatic carbocycles. The fourth-order valence-electron chi connectivity index (χ4n) is 2.52. The second kappa shape index (κ2) is 3.74. The number of amides is 1. The van der Waals surface area contributed by atoms with Crippen LogP contribution in [0.2, 0.25) is 0 Å². The number of hydrogen-bond donors (Lipinski definition) is 1. The summed E-state index contributed by atoms with van der Waals surface area (Å²) < 4.78 is 0. The van der Waals surface area contributed by atoms with E-state index < -0.39 is 5.54 Å². The Morgan fingerprint density at radius 1 is 1.22 bits per heavy atom. The highest BCUT2D eigenvalue weighted by Gasteiger charge is 2.38. The molecule has 2 rings (SSSR count). The number of hydrogen-bond acceptors (Lipinski definition) is 2. The number of carbonyl (C=O) groups excluding carboxylic acids is 1. The lowest BCUT2D eigenvalue weighted by atomic mass is 9.83. The van der Waals surface area contributed by atoms with Gasteiger partial charge in [-0.25, -0.2) is 0 Å². The van der Waals surface area contributed by atoms with Crippen LogP contribution in [-0.2, 0) is 10.2 Å². The minimum absolute atomic E-state index is 0.0169. The van der Waals surface area contributed by atoms with Crippen LogP contribution in [0.1, 0.15) is 40.2 Å². The molecular formula is C15H22N2O. The van der Waals surface area contributed by atoms with Crippen LogP contribution in [0.4, 0.5) is 11.4 Å². The maximum Gasteiger partial charge on any atom is 0.251 e. The first-order valence-electron chi connectivity index (χ1n) is 6.34. The summed E-state index contributed by atoms with van der Waals surface area (Å²) >= 11 is 0. The van der Waals surface area contributed by atoms with Crippen molar-refractivity contribution < 1.29 is 4.79 Å². The molecule has 1 heterocycles. The normalized spacial score (nSPS) is 18.3. The van der Waals surface area contributed by atoms with E-state index in [2.05, 4.69) is 32.2 Å². The van der Waals surface area contributed by atoms with E-state index in [4.69, 9.17) is 0 Å². The Kier molecular flexibility index (Phi) is 2.69. The van der Waals surface area contributed by atoms with Gasteiger partial charge in [0.25, 0.3) is 5.91 Å². The van der Waals surface area contributed by atoms with Crippen molar-refractivity contribution in [3.8, 4) is 0 Å². The largest absolute Gasteiger partial charge is 0.370 e. The predicted octanol–water partition coefficient (Wildman–Crippen LogP) is 3.15. The topological polar surface area (TPSA) is 32.3 Å². The van der Waals surface area contributed by atoms with Crippen molar-refractivity contribution >= 4 is 17.3 Å². The summed E-state index contributed by atoms with van der Waals surface area (Å²) in [5.41, 5.74) is 2.71. The van der Waals surface area contributed by atoms with Crippen LogP contribution >= 0.6 is 0 Å². The molecule has 0 aromatic heterocycles. The number of anilines is 2. The van der Waals surface area contributed by atoms with Crippen LogP contribution in [0.25, 0.3) is 0 Å². The minimum Gasteiger partial charge on any atom is -0.370 e. The van der Waals surface area contributed by atoms with Gasteiger partial charge in [-0.05, 0) is 30.9 Å². The van der Waals surface area contributed by atoms with Crippen molar-refractivity contribution in [3.05, 3.63) is 23.8 Å². The van der Waals surface area contributed by atoms with Gasteiger partial charge in [0.1, 0.15) is 5.54 Å². The van der Waals surface area contributed by atoms with Gasteiger partial charge in [-0.15, -0.1) is 0 Å². The van der Waals surface area contributed by atoms with E-state index in [-0.39, 0.29) is 11.3 Å². The van der Waals surface area contributed by atoms with Gasteiger partial charge >= 0.3 is 0 Å². The maximum atomic E-state index is 12.4. The van der Waals surface area contributed by atoms with Crippen LogP contribution in [0, 0.1) is 0 Å². The molecule has 3 heteroatoms. The average Bonchev–Trinajstić information content (AvgIpc) is 2.23. The van der Waals surface area contributed by atoms with Crippen LogP contribution in [0.5, 0.6) is 0 Å². The Balaban J connectivity index is 2.65. The molecular weight excluding hydrogens is 224 g/mol. The number of benzene rings is 1. The van der Waals surface area contributed by atoms with E-state index in [1.165, 1.54) is 5.56 Å². The second-order valence-corrected chi connectivity index (χ2v) is 6.57. The molecule has 1 aliphatic heterocycles. The van der Waals surface area contributed by atoms with E-state index in [1.54, 1.807) is 4.90 Å². The number of nitrogens with one attached hydrogen (secondary N) is 1. The molecule has 0 fully saturated rings. The molecule has 1 aliphatic rings. The molecule has 1 aromatic rings. The lowest BCUT2D eigenvalue weighted by Gasteiger charge is -2.40. The number of carbonyl (C=O) groups is 1. The third kappa shape index (κ3) is 1.88. The molecule has 98 valence electrons. The molecule has 0 unspecified atom stereocenters. The summed E-state index contributed by atoms with van der Waals surface area (Å²) in [7, 11) is 1.86. The molecule has 3 nitrogen and oxygen atoms in total. The summed E-state index contributed by atoms with van der Waals surface area (Å²) in [4.78, 5) is 14.1. The standard InChI is InChI=1S/C15H22N2O/c1-14(2,3)10-8-7-9-11-12(10)17(6)13(18)15(4,5)16-11/h7-9,16H,1-6H3. The lowest BCUT2D eigenvalue weighted by molar-refractivity contribution is -0.121. The van der Waals surface area contributed by atoms with Crippen LogP contribution < -0.4 is 10.2 Å². The summed E-state index contributed by atoms with van der Waals surface area (Å²) in [6, 6.07) is 6.18. The monoisotopic (exact) mass is 246 g/mol. The fourth-order valence-corrected chi connectivity index (χ4v) is 2.52. The zero-order valence-electron chi connectivity index (χ0n) is 12.1. The first-order chi connectivity index (χ1) is 8.14. The molecule has 0 atom stereocenters. The summed E-state index contributed by atoms with van der Waals surface area (Å²) in [5.74, 6) is 0.103. The fraction of sp³-hybridized carbons (Fsp3) is 0.533. The number of likely N-dealkylation sites (N-methyl/N-ethyl adjacent to an activating group) is 1. The molecule has 1 N–H and O–H groups in total. The van der Waals surface area contributed by atoms with Crippen molar-refractivity contribution in [1.82, 2.24) is 0 Å². The molecule has 1 amide bonds. The molecule has 0 radical (unpaired) electrons. The highest BCUT2D eigenvalue weighted by atomic mass is 16.2. The predicted molar refractivity (Wildman–Crippen MR) is 76.3 cm³/mol. The van der Waals surface area contributed by atoms with Gasteiger partial charge in [-0.3, -0.25) is 4.79 Å². The molecule has 0 bridgehead atoms. The summed E-state index contributed by atoms with van der Waals surface area (Å²) in [5, 5.41) is 3.34. The first-order valence-corrected chi connectivity index (χ1v) is 6.34. The van der Waals surface area contributed by atoms with Crippen molar-refractivity contribution in [2.45, 2.75) is 45.6 Å². The van der Waals surface area contributed by atoms with E-state index in [0.717, 1.165) is 11.4 Å². The Bertz CT molecular complexity index is 498. The highest BCUT2D eigenvalue weighted by molar-refractivity contribution is 6.07. The van der Waals surface area contributed by atoms with E-state index in [0.29, 0.717) is 0 Å². The molecule has 0 saturated carbocycles. The minimum atomic E-state index is -0.543. The lowest BCUT2D eigenvalue weighted by Crippen LogP contribution is -2.53. The average molecular weight is 246 g/mol. The molecule has 0 saturated heterocycles. The first kappa shape index (κ1) is 12.9. The third-order valence-corrected chi connectivity index (χ3v) is 3.47. The zero-order chi connectivity index (χ0) is 13.7. The Morgan fingerprint density at radius 3 is 2.39 bits per heavy atom. The third-order valence-electron chi connectivity index (χ3n) is 3.47. The molecule has 0 spiro atoms. The van der Waals surface area contributed by atoms with E-state index >= 15 is 0 Å². The Morgan fingerprint density at radius 2 is 1.83 bits per heavy atom. The van der Waals surface area contributed by atoms with Crippen LogP contribution in [0.3, 0.4) is 0 Å². The maximum absolute atomic E-state index is 12.4. The molecule has 0 aliphatic carbocycles. The van der Waals surface area contributed by atoms with Gasteiger partial charge < -0.3 is 10.2 Å². The molecule has 18 heavy (non-hydrogen) atoms. The van der Waals surface area contributed by atoms with Crippen LogP contribution in [-0.4, -0.2) is 18.5 Å². The second-order valence-electron chi connectivity index (χ2n) is 6.57. The van der Waals surface area contributed by atoms with Gasteiger partial charge in [-0.2, -0.15) is 0 Å². The Hall–Kier alpha value is -1.51. The van der Waals surface area contributed by atoms with Gasteiger partial charge in [0, 0.05) is 7.05 Å². The van der Waals surface area contributed by atoms with Crippen molar-refractivity contribution in [2.24, 2.45) is 0 Å². The van der Waals surface area contributed by atoms with E-state index in [9.17, 15) is 4.79 Å². The van der Waals surface area contributed by atoms with Crippen LogP contribution in [0.15, 0.2) is 18.2 Å². The van der Waals surface area contributed by atoms with Crippen molar-refractivity contribution in [2.75, 3.05) is 17.3 Å². The van der Waals surface area contributed by atoms with Crippen molar-refractivity contribution in [1.29, 1.82) is 0 Å². The SMILES string of the molecule is CN1C(=O)C(C)(C)Nc2cccc(C(C)(C)C)c21. The van der Waals surface area contributed by atoms with Gasteiger partial charge in [0.2, 0.25) is 0 Å². The highest BCUT2D eigenvalue weighted by Crippen LogP contribution is 2.41. The number of rotatable bonds is 0. The smallest absolute Gasteiger partial charge is 0.251 e. The van der Waals surface area contributed by atoms with Gasteiger partial charge in [-0.1, -0.05) is 32.9 Å². The van der Waals surface area contributed by atoms with E-state index in [1.807, 2.05) is 33.0 Å². The quantitative estimate of drug-likeness (QED) is 0.762. The number of nitrogens with zero attached hydrogens (tertiary/aromatic N) is 1. The summed E-state index contributed by atoms with van der Waals surface area (Å²) in [6.45, 7) is 10.3. The number of para-hydroxylation sites is 1. The van der Waals surface area contributed by atoms with Gasteiger partial charge in [0.15, 0.2) is 0 Å². The summed E-state index contributed by atoms with van der Waals surface area (Å²) in [6.07, 6.45) is 0. The van der Waals surface area contributed by atoms with Crippen molar-refractivity contribution in [3.63, 3.8) is 0 Å².